The van der Waals surface area contributed by atoms with Crippen molar-refractivity contribution in [3.8, 4) is 5.88 Å². The Bertz CT molecular complexity index is 716. The minimum atomic E-state index is -4.48. The summed E-state index contributed by atoms with van der Waals surface area (Å²) in [6, 6.07) is 5.65. The second-order valence-corrected chi connectivity index (χ2v) is 5.77. The van der Waals surface area contributed by atoms with Crippen molar-refractivity contribution >= 4 is 17.7 Å². The molecule has 0 aliphatic rings. The van der Waals surface area contributed by atoms with Gasteiger partial charge in [-0.05, 0) is 30.8 Å². The van der Waals surface area contributed by atoms with Gasteiger partial charge < -0.3 is 9.47 Å². The Morgan fingerprint density at radius 2 is 2.08 bits per heavy atom. The van der Waals surface area contributed by atoms with E-state index < -0.39 is 11.5 Å². The molecule has 2 aromatic rings. The normalized spacial score (nSPS) is 11.4. The Morgan fingerprint density at radius 3 is 2.67 bits per heavy atom. The molecule has 0 bridgehead atoms. The van der Waals surface area contributed by atoms with Crippen LogP contribution in [-0.2, 0) is 18.4 Å². The fourth-order valence-corrected chi connectivity index (χ4v) is 2.64. The highest BCUT2D eigenvalue weighted by atomic mass is 32.2. The smallest absolute Gasteiger partial charge is 0.446 e. The Morgan fingerprint density at radius 1 is 1.33 bits per heavy atom. The predicted octanol–water partition coefficient (Wildman–Crippen LogP) is 3.79. The molecule has 130 valence electrons. The van der Waals surface area contributed by atoms with E-state index in [0.717, 1.165) is 0 Å². The van der Waals surface area contributed by atoms with Crippen molar-refractivity contribution in [3.05, 3.63) is 41.6 Å². The number of rotatable bonds is 6. The van der Waals surface area contributed by atoms with Gasteiger partial charge in [0.2, 0.25) is 5.88 Å². The summed E-state index contributed by atoms with van der Waals surface area (Å²) in [6.07, 6.45) is 1.64. The summed E-state index contributed by atoms with van der Waals surface area (Å²) in [6.45, 7) is 1.51. The molecular formula is C15H15F3N2O3S. The lowest BCUT2D eigenvalue weighted by Crippen LogP contribution is -2.12. The van der Waals surface area contributed by atoms with E-state index in [1.54, 1.807) is 26.2 Å². The molecule has 0 saturated heterocycles. The van der Waals surface area contributed by atoms with Gasteiger partial charge in [0, 0.05) is 29.8 Å². The van der Waals surface area contributed by atoms with Crippen LogP contribution >= 0.6 is 11.8 Å². The number of ether oxygens (including phenoxy) is 2. The van der Waals surface area contributed by atoms with Gasteiger partial charge in [-0.2, -0.15) is 13.2 Å². The second-order valence-electron chi connectivity index (χ2n) is 4.67. The van der Waals surface area contributed by atoms with E-state index in [9.17, 15) is 18.0 Å². The lowest BCUT2D eigenvalue weighted by Gasteiger charge is -2.15. The Labute approximate surface area is 140 Å². The monoisotopic (exact) mass is 360 g/mol. The van der Waals surface area contributed by atoms with E-state index in [0.29, 0.717) is 0 Å². The number of alkyl halides is 3. The number of hydrogen-bond acceptors (Lipinski definition) is 5. The Hall–Kier alpha value is -2.16. The van der Waals surface area contributed by atoms with E-state index in [1.165, 1.54) is 22.9 Å². The molecule has 24 heavy (non-hydrogen) atoms. The zero-order valence-electron chi connectivity index (χ0n) is 13.0. The van der Waals surface area contributed by atoms with Gasteiger partial charge >= 0.3 is 11.5 Å². The minimum absolute atomic E-state index is 0.0435. The SMILES string of the molecule is CCOC(=O)c1cccc(SC(F)(F)F)c1COc1ccn(C)n1. The first-order chi connectivity index (χ1) is 11.3. The highest BCUT2D eigenvalue weighted by Gasteiger charge is 2.31. The number of thioether (sulfide) groups is 1. The molecule has 0 N–H and O–H groups in total. The molecule has 5 nitrogen and oxygen atoms in total. The van der Waals surface area contributed by atoms with Gasteiger partial charge in [-0.3, -0.25) is 4.68 Å². The third-order valence-electron chi connectivity index (χ3n) is 2.91. The van der Waals surface area contributed by atoms with E-state index in [4.69, 9.17) is 9.47 Å². The molecule has 0 atom stereocenters. The molecule has 0 fully saturated rings. The molecule has 0 radical (unpaired) electrons. The summed E-state index contributed by atoms with van der Waals surface area (Å²) in [5.74, 6) is -0.444. The maximum absolute atomic E-state index is 12.8. The van der Waals surface area contributed by atoms with E-state index in [2.05, 4.69) is 5.10 Å². The van der Waals surface area contributed by atoms with Crippen LogP contribution in [0.25, 0.3) is 0 Å². The molecule has 0 spiro atoms. The molecule has 0 amide bonds. The number of benzene rings is 1. The lowest BCUT2D eigenvalue weighted by atomic mass is 10.1. The average Bonchev–Trinajstić information content (AvgIpc) is 2.90. The quantitative estimate of drug-likeness (QED) is 0.580. The Balaban J connectivity index is 2.33. The second kappa shape index (κ2) is 7.61. The maximum atomic E-state index is 12.8. The van der Waals surface area contributed by atoms with Crippen molar-refractivity contribution in [2.45, 2.75) is 23.9 Å². The number of aryl methyl sites for hydroxylation is 1. The van der Waals surface area contributed by atoms with Crippen molar-refractivity contribution < 1.29 is 27.4 Å². The predicted molar refractivity (Wildman–Crippen MR) is 81.9 cm³/mol. The first-order valence-corrected chi connectivity index (χ1v) is 7.79. The van der Waals surface area contributed by atoms with Crippen LogP contribution in [0.15, 0.2) is 35.4 Å². The Kier molecular flexibility index (Phi) is 5.76. The number of halogens is 3. The van der Waals surface area contributed by atoms with Crippen LogP contribution in [0.2, 0.25) is 0 Å². The van der Waals surface area contributed by atoms with Gasteiger partial charge in [-0.15, -0.1) is 5.10 Å². The van der Waals surface area contributed by atoms with Crippen LogP contribution in [0.4, 0.5) is 13.2 Å². The number of hydrogen-bond donors (Lipinski definition) is 0. The number of carbonyl (C=O) groups is 1. The molecular weight excluding hydrogens is 345 g/mol. The van der Waals surface area contributed by atoms with Crippen LogP contribution in [-0.4, -0.2) is 27.9 Å². The van der Waals surface area contributed by atoms with Gasteiger partial charge in [-0.25, -0.2) is 4.79 Å². The molecule has 2 rings (SSSR count). The fraction of sp³-hybridized carbons (Fsp3) is 0.333. The first-order valence-electron chi connectivity index (χ1n) is 6.97. The van der Waals surface area contributed by atoms with Crippen LogP contribution < -0.4 is 4.74 Å². The number of nitrogens with zero attached hydrogens (tertiary/aromatic N) is 2. The van der Waals surface area contributed by atoms with Crippen molar-refractivity contribution in [1.82, 2.24) is 9.78 Å². The molecule has 1 heterocycles. The van der Waals surface area contributed by atoms with Gasteiger partial charge in [-0.1, -0.05) is 6.07 Å². The van der Waals surface area contributed by atoms with Crippen LogP contribution in [0.3, 0.4) is 0 Å². The molecule has 9 heteroatoms. The third-order valence-corrected chi connectivity index (χ3v) is 3.74. The number of carbonyl (C=O) groups excluding carboxylic acids is 1. The lowest BCUT2D eigenvalue weighted by molar-refractivity contribution is -0.0328. The summed E-state index contributed by atoms with van der Waals surface area (Å²) in [5.41, 5.74) is -4.32. The summed E-state index contributed by atoms with van der Waals surface area (Å²) in [4.78, 5) is 11.9. The molecule has 0 aliphatic carbocycles. The molecule has 1 aromatic heterocycles. The number of esters is 1. The fourth-order valence-electron chi connectivity index (χ4n) is 1.95. The summed E-state index contributed by atoms with van der Waals surface area (Å²) in [5, 5.41) is 3.99. The molecule has 0 saturated carbocycles. The van der Waals surface area contributed by atoms with Crippen molar-refractivity contribution in [1.29, 1.82) is 0 Å². The van der Waals surface area contributed by atoms with E-state index in [-0.39, 0.29) is 46.9 Å². The molecule has 0 unspecified atom stereocenters. The van der Waals surface area contributed by atoms with Crippen molar-refractivity contribution in [2.24, 2.45) is 7.05 Å². The highest BCUT2D eigenvalue weighted by Crippen LogP contribution is 2.39. The van der Waals surface area contributed by atoms with Crippen LogP contribution in [0.5, 0.6) is 5.88 Å². The van der Waals surface area contributed by atoms with Crippen LogP contribution in [0, 0.1) is 0 Å². The summed E-state index contributed by atoms with van der Waals surface area (Å²) in [7, 11) is 1.68. The van der Waals surface area contributed by atoms with Gasteiger partial charge in [0.05, 0.1) is 12.2 Å². The number of aromatic nitrogens is 2. The zero-order valence-corrected chi connectivity index (χ0v) is 13.8. The van der Waals surface area contributed by atoms with Gasteiger partial charge in [0.25, 0.3) is 0 Å². The van der Waals surface area contributed by atoms with Gasteiger partial charge in [0.15, 0.2) is 0 Å². The first kappa shape index (κ1) is 18.2. The standard InChI is InChI=1S/C15H15F3N2O3S/c1-3-22-14(21)10-5-4-6-12(24-15(16,17)18)11(10)9-23-13-7-8-20(2)19-13/h4-8H,3,9H2,1-2H3. The third kappa shape index (κ3) is 4.92. The minimum Gasteiger partial charge on any atom is -0.472 e. The average molecular weight is 360 g/mol. The topological polar surface area (TPSA) is 53.4 Å². The maximum Gasteiger partial charge on any atom is 0.446 e. The van der Waals surface area contributed by atoms with Crippen LogP contribution in [0.1, 0.15) is 22.8 Å². The summed E-state index contributed by atoms with van der Waals surface area (Å²) < 4.78 is 50.1. The van der Waals surface area contributed by atoms with Crippen molar-refractivity contribution in [2.75, 3.05) is 6.61 Å². The molecule has 1 aromatic carbocycles. The highest BCUT2D eigenvalue weighted by molar-refractivity contribution is 8.00. The van der Waals surface area contributed by atoms with Gasteiger partial charge in [0.1, 0.15) is 6.61 Å². The largest absolute Gasteiger partial charge is 0.472 e. The van der Waals surface area contributed by atoms with E-state index in [1.807, 2.05) is 0 Å². The van der Waals surface area contributed by atoms with E-state index >= 15 is 0 Å². The zero-order chi connectivity index (χ0) is 17.7. The summed E-state index contributed by atoms with van der Waals surface area (Å²) >= 11 is -0.296. The molecule has 0 aliphatic heterocycles. The van der Waals surface area contributed by atoms with Crippen molar-refractivity contribution in [3.63, 3.8) is 0 Å².